The first-order valence-electron chi connectivity index (χ1n) is 8.59. The van der Waals surface area contributed by atoms with Crippen molar-refractivity contribution in [3.63, 3.8) is 0 Å². The number of carbonyl (C=O) groups excluding carboxylic acids is 3. The van der Waals surface area contributed by atoms with E-state index in [1.165, 1.54) is 38.2 Å². The van der Waals surface area contributed by atoms with Crippen LogP contribution in [0.2, 0.25) is 0 Å². The van der Waals surface area contributed by atoms with Gasteiger partial charge in [0.05, 0.1) is 11.4 Å². The summed E-state index contributed by atoms with van der Waals surface area (Å²) in [7, 11) is -2.70. The molecule has 3 amide bonds. The Balaban J connectivity index is 2.19. The molecule has 0 aliphatic carbocycles. The van der Waals surface area contributed by atoms with Crippen molar-refractivity contribution in [3.8, 4) is 0 Å². The average Bonchev–Trinajstić information content (AvgIpc) is 2.66. The maximum absolute atomic E-state index is 12.8. The number of nitrogens with two attached hydrogens (primary N) is 1. The first-order valence-corrected chi connectivity index (χ1v) is 10.0. The molecule has 2 aromatic carbocycles. The Kier molecular flexibility index (Phi) is 7.08. The maximum Gasteiger partial charge on any atom is 0.243 e. The van der Waals surface area contributed by atoms with Crippen LogP contribution in [0.4, 0.5) is 11.4 Å². The summed E-state index contributed by atoms with van der Waals surface area (Å²) in [6.07, 6.45) is 0. The third-order valence-corrected chi connectivity index (χ3v) is 5.74. The van der Waals surface area contributed by atoms with Gasteiger partial charge < -0.3 is 16.0 Å². The Morgan fingerprint density at radius 2 is 1.55 bits per heavy atom. The lowest BCUT2D eigenvalue weighted by Crippen LogP contribution is -2.44. The second-order valence-corrected chi connectivity index (χ2v) is 8.29. The molecule has 0 heterocycles. The maximum atomic E-state index is 12.8. The summed E-state index contributed by atoms with van der Waals surface area (Å²) in [6, 6.07) is 13.9. The van der Waals surface area contributed by atoms with Crippen molar-refractivity contribution in [1.29, 1.82) is 0 Å². The van der Waals surface area contributed by atoms with Crippen LogP contribution in [0.1, 0.15) is 6.92 Å². The molecular formula is C19H22N4O5S. The van der Waals surface area contributed by atoms with Crippen molar-refractivity contribution in [3.05, 3.63) is 54.6 Å². The van der Waals surface area contributed by atoms with Gasteiger partial charge in [0.1, 0.15) is 6.54 Å². The Morgan fingerprint density at radius 3 is 2.07 bits per heavy atom. The molecule has 2 rings (SSSR count). The Hall–Kier alpha value is -3.24. The van der Waals surface area contributed by atoms with Crippen LogP contribution in [0.3, 0.4) is 0 Å². The number of nitrogens with zero attached hydrogens (tertiary/aromatic N) is 2. The fraction of sp³-hybridized carbons (Fsp3) is 0.211. The van der Waals surface area contributed by atoms with Crippen LogP contribution in [0.5, 0.6) is 0 Å². The van der Waals surface area contributed by atoms with E-state index >= 15 is 0 Å². The second kappa shape index (κ2) is 9.30. The van der Waals surface area contributed by atoms with Gasteiger partial charge in [0.25, 0.3) is 0 Å². The standard InChI is InChI=1S/C19H22N4O5S/c1-14(24)21-15-8-10-17(11-9-15)29(27,28)22(2)13-19(26)23(12-18(20)25)16-6-4-3-5-7-16/h3-11H,12-13H2,1-2H3,(H2,20,25)(H,21,24). The summed E-state index contributed by atoms with van der Waals surface area (Å²) >= 11 is 0. The average molecular weight is 418 g/mol. The van der Waals surface area contributed by atoms with E-state index in [0.29, 0.717) is 11.4 Å². The number of anilines is 2. The van der Waals surface area contributed by atoms with E-state index in [0.717, 1.165) is 9.21 Å². The van der Waals surface area contributed by atoms with Crippen LogP contribution in [0, 0.1) is 0 Å². The number of primary amides is 1. The minimum Gasteiger partial charge on any atom is -0.368 e. The van der Waals surface area contributed by atoms with Crippen molar-refractivity contribution < 1.29 is 22.8 Å². The summed E-state index contributed by atoms with van der Waals surface area (Å²) in [5.41, 5.74) is 6.11. The van der Waals surface area contributed by atoms with Crippen molar-refractivity contribution in [2.75, 3.05) is 30.4 Å². The van der Waals surface area contributed by atoms with E-state index in [4.69, 9.17) is 5.73 Å². The van der Waals surface area contributed by atoms with Crippen molar-refractivity contribution in [2.45, 2.75) is 11.8 Å². The van der Waals surface area contributed by atoms with Gasteiger partial charge in [-0.2, -0.15) is 4.31 Å². The van der Waals surface area contributed by atoms with Crippen molar-refractivity contribution in [1.82, 2.24) is 4.31 Å². The molecule has 29 heavy (non-hydrogen) atoms. The van der Waals surface area contributed by atoms with Gasteiger partial charge in [-0.05, 0) is 36.4 Å². The molecular weight excluding hydrogens is 396 g/mol. The fourth-order valence-corrected chi connectivity index (χ4v) is 3.66. The number of nitrogens with one attached hydrogen (secondary N) is 1. The lowest BCUT2D eigenvalue weighted by atomic mass is 10.2. The van der Waals surface area contributed by atoms with E-state index in [1.807, 2.05) is 0 Å². The van der Waals surface area contributed by atoms with E-state index in [1.54, 1.807) is 30.3 Å². The topological polar surface area (TPSA) is 130 Å². The largest absolute Gasteiger partial charge is 0.368 e. The van der Waals surface area contributed by atoms with Gasteiger partial charge in [-0.25, -0.2) is 8.42 Å². The smallest absolute Gasteiger partial charge is 0.243 e. The minimum absolute atomic E-state index is 0.0388. The predicted octanol–water partition coefficient (Wildman–Crippen LogP) is 0.784. The van der Waals surface area contributed by atoms with Crippen LogP contribution in [0.15, 0.2) is 59.5 Å². The van der Waals surface area contributed by atoms with Crippen LogP contribution in [-0.2, 0) is 24.4 Å². The number of rotatable bonds is 8. The molecule has 0 unspecified atom stereocenters. The molecule has 0 aliphatic rings. The monoisotopic (exact) mass is 418 g/mol. The molecule has 3 N–H and O–H groups in total. The van der Waals surface area contributed by atoms with Crippen LogP contribution >= 0.6 is 0 Å². The van der Waals surface area contributed by atoms with Gasteiger partial charge in [-0.3, -0.25) is 14.4 Å². The molecule has 154 valence electrons. The normalized spacial score (nSPS) is 11.1. The van der Waals surface area contributed by atoms with Gasteiger partial charge >= 0.3 is 0 Å². The fourth-order valence-electron chi connectivity index (χ4n) is 2.54. The molecule has 0 aromatic heterocycles. The van der Waals surface area contributed by atoms with E-state index < -0.39 is 28.4 Å². The molecule has 0 atom stereocenters. The predicted molar refractivity (Wildman–Crippen MR) is 109 cm³/mol. The number of likely N-dealkylation sites (N-methyl/N-ethyl adjacent to an activating group) is 1. The first-order chi connectivity index (χ1) is 13.6. The second-order valence-electron chi connectivity index (χ2n) is 6.25. The third kappa shape index (κ3) is 5.87. The number of hydrogen-bond acceptors (Lipinski definition) is 5. The van der Waals surface area contributed by atoms with Gasteiger partial charge in [0.2, 0.25) is 27.7 Å². The van der Waals surface area contributed by atoms with Gasteiger partial charge in [0, 0.05) is 25.3 Å². The van der Waals surface area contributed by atoms with Crippen LogP contribution in [0.25, 0.3) is 0 Å². The number of amides is 3. The number of carbonyl (C=O) groups is 3. The summed E-state index contributed by atoms with van der Waals surface area (Å²) in [5.74, 6) is -1.60. The molecule has 2 aromatic rings. The Morgan fingerprint density at radius 1 is 0.966 bits per heavy atom. The molecule has 0 bridgehead atoms. The number of para-hydroxylation sites is 1. The summed E-state index contributed by atoms with van der Waals surface area (Å²) in [6.45, 7) is 0.481. The molecule has 0 radical (unpaired) electrons. The van der Waals surface area contributed by atoms with E-state index in [9.17, 15) is 22.8 Å². The highest BCUT2D eigenvalue weighted by molar-refractivity contribution is 7.89. The van der Waals surface area contributed by atoms with Gasteiger partial charge in [0.15, 0.2) is 0 Å². The number of sulfonamides is 1. The van der Waals surface area contributed by atoms with Gasteiger partial charge in [-0.15, -0.1) is 0 Å². The first kappa shape index (κ1) is 22.1. The molecule has 0 saturated carbocycles. The number of hydrogen-bond donors (Lipinski definition) is 2. The van der Waals surface area contributed by atoms with Gasteiger partial charge in [-0.1, -0.05) is 18.2 Å². The Bertz CT molecular complexity index is 991. The molecule has 0 fully saturated rings. The summed E-state index contributed by atoms with van der Waals surface area (Å²) in [4.78, 5) is 36.2. The third-order valence-electron chi connectivity index (χ3n) is 3.92. The highest BCUT2D eigenvalue weighted by Crippen LogP contribution is 2.19. The molecule has 10 heteroatoms. The minimum atomic E-state index is -3.97. The highest BCUT2D eigenvalue weighted by Gasteiger charge is 2.26. The van der Waals surface area contributed by atoms with Crippen molar-refractivity contribution >= 4 is 39.1 Å². The quantitative estimate of drug-likeness (QED) is 0.654. The Labute approximate surface area is 169 Å². The zero-order valence-electron chi connectivity index (χ0n) is 16.0. The van der Waals surface area contributed by atoms with E-state index in [2.05, 4.69) is 5.32 Å². The summed E-state index contributed by atoms with van der Waals surface area (Å²) in [5, 5.41) is 2.54. The molecule has 9 nitrogen and oxygen atoms in total. The lowest BCUT2D eigenvalue weighted by molar-refractivity contribution is -0.122. The SMILES string of the molecule is CC(=O)Nc1ccc(S(=O)(=O)N(C)CC(=O)N(CC(N)=O)c2ccccc2)cc1. The molecule has 0 spiro atoms. The highest BCUT2D eigenvalue weighted by atomic mass is 32.2. The molecule has 0 saturated heterocycles. The summed E-state index contributed by atoms with van der Waals surface area (Å²) < 4.78 is 26.4. The molecule has 0 aliphatic heterocycles. The number of benzene rings is 2. The lowest BCUT2D eigenvalue weighted by Gasteiger charge is -2.24. The zero-order chi connectivity index (χ0) is 21.6. The zero-order valence-corrected chi connectivity index (χ0v) is 16.8. The van der Waals surface area contributed by atoms with E-state index in [-0.39, 0.29) is 17.3 Å². The van der Waals surface area contributed by atoms with Crippen molar-refractivity contribution in [2.24, 2.45) is 5.73 Å². The van der Waals surface area contributed by atoms with Crippen LogP contribution < -0.4 is 16.0 Å². The van der Waals surface area contributed by atoms with Crippen LogP contribution in [-0.4, -0.2) is 50.6 Å².